The Kier molecular flexibility index (Phi) is 3.06. The zero-order valence-electron chi connectivity index (χ0n) is 16.3. The minimum Gasteiger partial charge on any atom is -0.256 e. The summed E-state index contributed by atoms with van der Waals surface area (Å²) in [6, 6.07) is 35.0. The van der Waals surface area contributed by atoms with Gasteiger partial charge in [-0.15, -0.1) is 0 Å². The summed E-state index contributed by atoms with van der Waals surface area (Å²) >= 11 is 0. The zero-order chi connectivity index (χ0) is 19.7. The van der Waals surface area contributed by atoms with Gasteiger partial charge >= 0.3 is 0 Å². The van der Waals surface area contributed by atoms with Crippen molar-refractivity contribution in [2.45, 2.75) is 0 Å². The quantitative estimate of drug-likeness (QED) is 0.243. The van der Waals surface area contributed by atoms with E-state index in [2.05, 4.69) is 91.0 Å². The van der Waals surface area contributed by atoms with Crippen LogP contribution in [0.1, 0.15) is 0 Å². The largest absolute Gasteiger partial charge is 0.256 e. The maximum absolute atomic E-state index is 4.90. The molecule has 1 heteroatoms. The highest BCUT2D eigenvalue weighted by Gasteiger charge is 2.17. The molecule has 1 aromatic heterocycles. The van der Waals surface area contributed by atoms with E-state index in [1.54, 1.807) is 0 Å². The fraction of sp³-hybridized carbons (Fsp3) is 0. The van der Waals surface area contributed by atoms with E-state index in [0.29, 0.717) is 0 Å². The third-order valence-corrected chi connectivity index (χ3v) is 6.45. The molecule has 0 radical (unpaired) electrons. The number of aromatic nitrogens is 1. The number of benzene rings is 6. The number of rotatable bonds is 0. The Morgan fingerprint density at radius 2 is 0.933 bits per heavy atom. The maximum Gasteiger partial charge on any atom is 0.0793 e. The Labute approximate surface area is 173 Å². The summed E-state index contributed by atoms with van der Waals surface area (Å²) in [5.74, 6) is 0. The number of pyridine rings is 1. The summed E-state index contributed by atoms with van der Waals surface area (Å²) in [5, 5.41) is 14.1. The number of hydrogen-bond donors (Lipinski definition) is 0. The van der Waals surface area contributed by atoms with Crippen LogP contribution >= 0.6 is 0 Å². The van der Waals surface area contributed by atoms with Crippen LogP contribution in [0.25, 0.3) is 64.8 Å². The molecule has 0 fully saturated rings. The van der Waals surface area contributed by atoms with Gasteiger partial charge in [0.2, 0.25) is 0 Å². The summed E-state index contributed by atoms with van der Waals surface area (Å²) in [7, 11) is 0. The molecule has 7 aromatic rings. The van der Waals surface area contributed by atoms with Crippen molar-refractivity contribution in [3.63, 3.8) is 0 Å². The molecule has 0 saturated carbocycles. The van der Waals surface area contributed by atoms with Gasteiger partial charge in [0.25, 0.3) is 0 Å². The minimum absolute atomic E-state index is 1.08. The van der Waals surface area contributed by atoms with Crippen LogP contribution in [0.2, 0.25) is 0 Å². The van der Waals surface area contributed by atoms with Gasteiger partial charge in [-0.25, -0.2) is 0 Å². The first-order valence-electron chi connectivity index (χ1n) is 10.3. The van der Waals surface area contributed by atoms with Gasteiger partial charge in [0.05, 0.1) is 5.52 Å². The highest BCUT2D eigenvalue weighted by molar-refractivity contribution is 6.41. The Bertz CT molecular complexity index is 1750. The second-order valence-electron chi connectivity index (χ2n) is 7.95. The van der Waals surface area contributed by atoms with Crippen LogP contribution in [0.5, 0.6) is 0 Å². The Hall–Kier alpha value is -3.97. The maximum atomic E-state index is 4.90. The topological polar surface area (TPSA) is 12.9 Å². The van der Waals surface area contributed by atoms with E-state index in [-0.39, 0.29) is 0 Å². The third kappa shape index (κ3) is 1.94. The molecule has 0 saturated heterocycles. The predicted octanol–water partition coefficient (Wildman–Crippen LogP) is 8.00. The lowest BCUT2D eigenvalue weighted by Gasteiger charge is -2.17. The van der Waals surface area contributed by atoms with Crippen molar-refractivity contribution in [3.8, 4) is 0 Å². The fourth-order valence-corrected chi connectivity index (χ4v) is 5.23. The molecule has 0 aliphatic carbocycles. The lowest BCUT2D eigenvalue weighted by molar-refractivity contribution is 1.43. The summed E-state index contributed by atoms with van der Waals surface area (Å²) in [6.45, 7) is 0. The number of nitrogens with zero attached hydrogens (tertiary/aromatic N) is 1. The van der Waals surface area contributed by atoms with Crippen molar-refractivity contribution in [1.82, 2.24) is 4.98 Å². The van der Waals surface area contributed by atoms with E-state index in [1.165, 1.54) is 59.2 Å². The molecule has 0 atom stereocenters. The molecule has 1 heterocycles. The SMILES string of the molecule is c1ccc2c(c1)ccc1c3cccnc3c3c4ccccc4c4ccccc4c3c21. The molecular formula is C29H17N. The van der Waals surface area contributed by atoms with Gasteiger partial charge in [0.1, 0.15) is 0 Å². The first-order valence-corrected chi connectivity index (χ1v) is 10.3. The molecule has 7 rings (SSSR count). The van der Waals surface area contributed by atoms with Gasteiger partial charge in [-0.1, -0.05) is 91.0 Å². The molecule has 0 unspecified atom stereocenters. The van der Waals surface area contributed by atoms with Gasteiger partial charge < -0.3 is 0 Å². The Morgan fingerprint density at radius 3 is 1.70 bits per heavy atom. The van der Waals surface area contributed by atoms with Gasteiger partial charge in [-0.05, 0) is 49.2 Å². The number of fused-ring (bicyclic) bond motifs is 13. The first-order chi connectivity index (χ1) is 14.9. The fourth-order valence-electron chi connectivity index (χ4n) is 5.23. The zero-order valence-corrected chi connectivity index (χ0v) is 16.3. The average molecular weight is 379 g/mol. The summed E-state index contributed by atoms with van der Waals surface area (Å²) in [5.41, 5.74) is 1.08. The highest BCUT2D eigenvalue weighted by Crippen LogP contribution is 2.44. The van der Waals surface area contributed by atoms with Gasteiger partial charge in [0.15, 0.2) is 0 Å². The lowest BCUT2D eigenvalue weighted by Crippen LogP contribution is -1.90. The van der Waals surface area contributed by atoms with E-state index in [0.717, 1.165) is 5.52 Å². The summed E-state index contributed by atoms with van der Waals surface area (Å²) < 4.78 is 0. The second kappa shape index (κ2) is 5.77. The molecule has 30 heavy (non-hydrogen) atoms. The van der Waals surface area contributed by atoms with Crippen molar-refractivity contribution in [2.75, 3.05) is 0 Å². The molecule has 6 aromatic carbocycles. The smallest absolute Gasteiger partial charge is 0.0793 e. The Balaban J connectivity index is 2.00. The monoisotopic (exact) mass is 379 g/mol. The highest BCUT2D eigenvalue weighted by atomic mass is 14.6. The van der Waals surface area contributed by atoms with Crippen molar-refractivity contribution in [1.29, 1.82) is 0 Å². The lowest BCUT2D eigenvalue weighted by atomic mass is 9.87. The minimum atomic E-state index is 1.08. The van der Waals surface area contributed by atoms with Crippen LogP contribution in [-0.2, 0) is 0 Å². The van der Waals surface area contributed by atoms with Crippen LogP contribution in [0.15, 0.2) is 103 Å². The molecular weight excluding hydrogens is 362 g/mol. The van der Waals surface area contributed by atoms with Crippen LogP contribution in [0, 0.1) is 0 Å². The molecule has 0 amide bonds. The second-order valence-corrected chi connectivity index (χ2v) is 7.95. The van der Waals surface area contributed by atoms with E-state index in [4.69, 9.17) is 4.98 Å². The van der Waals surface area contributed by atoms with E-state index in [1.807, 2.05) is 12.3 Å². The van der Waals surface area contributed by atoms with Crippen LogP contribution in [0.4, 0.5) is 0 Å². The molecule has 0 aliphatic heterocycles. The summed E-state index contributed by atoms with van der Waals surface area (Å²) in [6.07, 6.45) is 1.92. The first kappa shape index (κ1) is 15.9. The third-order valence-electron chi connectivity index (χ3n) is 6.45. The van der Waals surface area contributed by atoms with Gasteiger partial charge in [-0.2, -0.15) is 0 Å². The average Bonchev–Trinajstić information content (AvgIpc) is 2.83. The molecule has 1 nitrogen and oxygen atoms in total. The predicted molar refractivity (Wildman–Crippen MR) is 129 cm³/mol. The molecule has 0 bridgehead atoms. The summed E-state index contributed by atoms with van der Waals surface area (Å²) in [4.78, 5) is 4.90. The van der Waals surface area contributed by atoms with Crippen molar-refractivity contribution in [3.05, 3.63) is 103 Å². The van der Waals surface area contributed by atoms with E-state index >= 15 is 0 Å². The molecule has 0 N–H and O–H groups in total. The van der Waals surface area contributed by atoms with E-state index in [9.17, 15) is 0 Å². The standard InChI is InChI=1S/C29H17N/c1-2-9-19-18(8-1)15-16-24-25-14-7-17-30-29(25)28-23-13-6-4-11-21(23)20-10-3-5-12-22(20)27(28)26(19)24/h1-17H. The van der Waals surface area contributed by atoms with Crippen molar-refractivity contribution < 1.29 is 0 Å². The van der Waals surface area contributed by atoms with Crippen LogP contribution in [0.3, 0.4) is 0 Å². The van der Waals surface area contributed by atoms with Crippen molar-refractivity contribution in [2.24, 2.45) is 0 Å². The van der Waals surface area contributed by atoms with Gasteiger partial charge in [-0.3, -0.25) is 4.98 Å². The Morgan fingerprint density at radius 1 is 0.367 bits per heavy atom. The van der Waals surface area contributed by atoms with Crippen LogP contribution in [-0.4, -0.2) is 4.98 Å². The molecule has 0 aliphatic rings. The number of hydrogen-bond acceptors (Lipinski definition) is 1. The molecule has 138 valence electrons. The van der Waals surface area contributed by atoms with E-state index < -0.39 is 0 Å². The molecule has 0 spiro atoms. The van der Waals surface area contributed by atoms with Crippen LogP contribution < -0.4 is 0 Å². The van der Waals surface area contributed by atoms with Crippen molar-refractivity contribution >= 4 is 64.8 Å². The van der Waals surface area contributed by atoms with Gasteiger partial charge in [0, 0.05) is 22.4 Å². The normalized spacial score (nSPS) is 12.0.